The third kappa shape index (κ3) is 3.61. The quantitative estimate of drug-likeness (QED) is 0.792. The molecule has 0 heterocycles. The molecule has 96 valence electrons. The summed E-state index contributed by atoms with van der Waals surface area (Å²) in [6.07, 6.45) is 0. The van der Waals surface area contributed by atoms with Gasteiger partial charge in [-0.2, -0.15) is 0 Å². The van der Waals surface area contributed by atoms with Crippen LogP contribution in [-0.2, 0) is 0 Å². The Balaban J connectivity index is 2.88. The van der Waals surface area contributed by atoms with Crippen LogP contribution in [0, 0.1) is 0 Å². The maximum Gasteiger partial charge on any atom is 0.165 e. The lowest BCUT2D eigenvalue weighted by Crippen LogP contribution is -2.31. The molecular weight excluding hydrogens is 216 g/mol. The topological polar surface area (TPSA) is 56.5 Å². The predicted octanol–water partition coefficient (Wildman–Crippen LogP) is 1.70. The number of nitrogens with two attached hydrogens (primary N) is 1. The first kappa shape index (κ1) is 13.8. The molecule has 0 bridgehead atoms. The Bertz CT molecular complexity index is 353. The zero-order valence-electron chi connectivity index (χ0n) is 11.0. The van der Waals surface area contributed by atoms with Crippen LogP contribution in [-0.4, -0.2) is 26.8 Å². The molecule has 0 amide bonds. The standard InChI is InChI=1S/C13H22N2O2/c1-9(2)15-8-11(14)10-6-5-7-12(16-3)13(10)17-4/h5-7,9,11,15H,8,14H2,1-4H3. The molecule has 0 saturated heterocycles. The highest BCUT2D eigenvalue weighted by atomic mass is 16.5. The number of para-hydroxylation sites is 1. The molecule has 17 heavy (non-hydrogen) atoms. The number of hydrogen-bond acceptors (Lipinski definition) is 4. The van der Waals surface area contributed by atoms with E-state index in [4.69, 9.17) is 15.2 Å². The fraction of sp³-hybridized carbons (Fsp3) is 0.538. The Labute approximate surface area is 103 Å². The van der Waals surface area contributed by atoms with Gasteiger partial charge in [-0.3, -0.25) is 0 Å². The maximum atomic E-state index is 6.15. The minimum atomic E-state index is -0.109. The van der Waals surface area contributed by atoms with Crippen LogP contribution in [0.3, 0.4) is 0 Å². The summed E-state index contributed by atoms with van der Waals surface area (Å²) in [5, 5.41) is 3.31. The largest absolute Gasteiger partial charge is 0.493 e. The van der Waals surface area contributed by atoms with Crippen molar-refractivity contribution in [3.05, 3.63) is 23.8 Å². The van der Waals surface area contributed by atoms with Crippen molar-refractivity contribution >= 4 is 0 Å². The molecule has 1 rings (SSSR count). The summed E-state index contributed by atoms with van der Waals surface area (Å²) in [5.74, 6) is 1.43. The van der Waals surface area contributed by atoms with E-state index in [1.165, 1.54) is 0 Å². The lowest BCUT2D eigenvalue weighted by atomic mass is 10.1. The van der Waals surface area contributed by atoms with E-state index in [1.807, 2.05) is 18.2 Å². The van der Waals surface area contributed by atoms with Crippen molar-refractivity contribution in [3.63, 3.8) is 0 Å². The molecule has 0 spiro atoms. The van der Waals surface area contributed by atoms with E-state index in [9.17, 15) is 0 Å². The smallest absolute Gasteiger partial charge is 0.165 e. The van der Waals surface area contributed by atoms with Gasteiger partial charge in [-0.25, -0.2) is 0 Å². The fourth-order valence-corrected chi connectivity index (χ4v) is 1.68. The van der Waals surface area contributed by atoms with Gasteiger partial charge in [-0.1, -0.05) is 26.0 Å². The molecule has 1 unspecified atom stereocenters. The lowest BCUT2D eigenvalue weighted by Gasteiger charge is -2.19. The number of rotatable bonds is 6. The molecule has 0 radical (unpaired) electrons. The van der Waals surface area contributed by atoms with Crippen LogP contribution >= 0.6 is 0 Å². The molecule has 1 aromatic carbocycles. The van der Waals surface area contributed by atoms with Crippen LogP contribution < -0.4 is 20.5 Å². The van der Waals surface area contributed by atoms with E-state index in [1.54, 1.807) is 14.2 Å². The normalized spacial score (nSPS) is 12.6. The first-order valence-corrected chi connectivity index (χ1v) is 5.80. The van der Waals surface area contributed by atoms with Gasteiger partial charge in [0, 0.05) is 24.2 Å². The summed E-state index contributed by atoms with van der Waals surface area (Å²) < 4.78 is 10.6. The van der Waals surface area contributed by atoms with Crippen LogP contribution in [0.4, 0.5) is 0 Å². The first-order chi connectivity index (χ1) is 8.10. The molecule has 0 aromatic heterocycles. The van der Waals surface area contributed by atoms with Gasteiger partial charge in [0.25, 0.3) is 0 Å². The van der Waals surface area contributed by atoms with Crippen molar-refractivity contribution in [3.8, 4) is 11.5 Å². The van der Waals surface area contributed by atoms with Crippen molar-refractivity contribution in [2.24, 2.45) is 5.73 Å². The Morgan fingerprint density at radius 2 is 1.94 bits per heavy atom. The Hall–Kier alpha value is -1.26. The number of nitrogens with one attached hydrogen (secondary N) is 1. The minimum Gasteiger partial charge on any atom is -0.493 e. The lowest BCUT2D eigenvalue weighted by molar-refractivity contribution is 0.348. The van der Waals surface area contributed by atoms with E-state index in [0.717, 1.165) is 5.56 Å². The van der Waals surface area contributed by atoms with Gasteiger partial charge in [0.05, 0.1) is 14.2 Å². The monoisotopic (exact) mass is 238 g/mol. The molecule has 1 atom stereocenters. The predicted molar refractivity (Wildman–Crippen MR) is 69.6 cm³/mol. The van der Waals surface area contributed by atoms with Crippen molar-refractivity contribution < 1.29 is 9.47 Å². The summed E-state index contributed by atoms with van der Waals surface area (Å²) in [4.78, 5) is 0. The summed E-state index contributed by atoms with van der Waals surface area (Å²) in [6.45, 7) is 4.90. The third-order valence-electron chi connectivity index (χ3n) is 2.58. The molecule has 0 aliphatic rings. The highest BCUT2D eigenvalue weighted by molar-refractivity contribution is 5.48. The van der Waals surface area contributed by atoms with Gasteiger partial charge in [0.1, 0.15) is 0 Å². The zero-order valence-corrected chi connectivity index (χ0v) is 11.0. The molecule has 0 fully saturated rings. The number of methoxy groups -OCH3 is 2. The van der Waals surface area contributed by atoms with Crippen molar-refractivity contribution in [1.82, 2.24) is 5.32 Å². The van der Waals surface area contributed by atoms with E-state index in [0.29, 0.717) is 24.1 Å². The second kappa shape index (κ2) is 6.47. The van der Waals surface area contributed by atoms with Gasteiger partial charge >= 0.3 is 0 Å². The third-order valence-corrected chi connectivity index (χ3v) is 2.58. The number of ether oxygens (including phenoxy) is 2. The maximum absolute atomic E-state index is 6.15. The number of hydrogen-bond donors (Lipinski definition) is 2. The van der Waals surface area contributed by atoms with Crippen LogP contribution in [0.15, 0.2) is 18.2 Å². The highest BCUT2D eigenvalue weighted by Crippen LogP contribution is 2.33. The van der Waals surface area contributed by atoms with Crippen LogP contribution in [0.1, 0.15) is 25.5 Å². The van der Waals surface area contributed by atoms with Gasteiger partial charge in [0.15, 0.2) is 11.5 Å². The van der Waals surface area contributed by atoms with E-state index in [2.05, 4.69) is 19.2 Å². The second-order valence-electron chi connectivity index (χ2n) is 4.25. The first-order valence-electron chi connectivity index (χ1n) is 5.80. The molecule has 3 N–H and O–H groups in total. The minimum absolute atomic E-state index is 0.109. The van der Waals surface area contributed by atoms with E-state index < -0.39 is 0 Å². The SMILES string of the molecule is COc1cccc(C(N)CNC(C)C)c1OC. The molecule has 0 saturated carbocycles. The highest BCUT2D eigenvalue weighted by Gasteiger charge is 2.15. The van der Waals surface area contributed by atoms with Gasteiger partial charge in [-0.05, 0) is 6.07 Å². The van der Waals surface area contributed by atoms with E-state index >= 15 is 0 Å². The fourth-order valence-electron chi connectivity index (χ4n) is 1.68. The van der Waals surface area contributed by atoms with Gasteiger partial charge < -0.3 is 20.5 Å². The zero-order chi connectivity index (χ0) is 12.8. The molecular formula is C13H22N2O2. The molecule has 4 nitrogen and oxygen atoms in total. The molecule has 0 aliphatic heterocycles. The van der Waals surface area contributed by atoms with Crippen LogP contribution in [0.2, 0.25) is 0 Å². The molecule has 4 heteroatoms. The van der Waals surface area contributed by atoms with E-state index in [-0.39, 0.29) is 6.04 Å². The van der Waals surface area contributed by atoms with Gasteiger partial charge in [-0.15, -0.1) is 0 Å². The summed E-state index contributed by atoms with van der Waals surface area (Å²) in [5.41, 5.74) is 7.10. The summed E-state index contributed by atoms with van der Waals surface area (Å²) >= 11 is 0. The summed E-state index contributed by atoms with van der Waals surface area (Å²) in [6, 6.07) is 6.06. The van der Waals surface area contributed by atoms with Gasteiger partial charge in [0.2, 0.25) is 0 Å². The summed E-state index contributed by atoms with van der Waals surface area (Å²) in [7, 11) is 3.25. The molecule has 1 aromatic rings. The second-order valence-corrected chi connectivity index (χ2v) is 4.25. The van der Waals surface area contributed by atoms with Crippen LogP contribution in [0.25, 0.3) is 0 Å². The average Bonchev–Trinajstić information content (AvgIpc) is 2.34. The Morgan fingerprint density at radius 1 is 1.24 bits per heavy atom. The van der Waals surface area contributed by atoms with Crippen molar-refractivity contribution in [2.45, 2.75) is 25.9 Å². The average molecular weight is 238 g/mol. The Kier molecular flexibility index (Phi) is 5.25. The van der Waals surface area contributed by atoms with Crippen molar-refractivity contribution in [2.75, 3.05) is 20.8 Å². The molecule has 0 aliphatic carbocycles. The van der Waals surface area contributed by atoms with Crippen molar-refractivity contribution in [1.29, 1.82) is 0 Å². The van der Waals surface area contributed by atoms with Crippen LogP contribution in [0.5, 0.6) is 11.5 Å². The number of benzene rings is 1. The Morgan fingerprint density at radius 3 is 2.47 bits per heavy atom.